The van der Waals surface area contributed by atoms with E-state index in [9.17, 15) is 0 Å². The predicted octanol–water partition coefficient (Wildman–Crippen LogP) is 1.49. The minimum Gasteiger partial charge on any atom is -0.222 e. The highest BCUT2D eigenvalue weighted by atomic mass is 14.9. The van der Waals surface area contributed by atoms with Gasteiger partial charge in [0.25, 0.3) is 0 Å². The number of hydrogen-bond donors (Lipinski definition) is 0. The topological polar surface area (TPSA) is 24.7 Å². The van der Waals surface area contributed by atoms with Gasteiger partial charge in [0.1, 0.15) is 0 Å². The number of rotatable bonds is 2. The first-order valence-electron chi connectivity index (χ1n) is 3.60. The molecule has 0 aromatic heterocycles. The molecule has 2 rings (SSSR count). The van der Waals surface area contributed by atoms with Crippen molar-refractivity contribution in [1.29, 1.82) is 0 Å². The number of aliphatic imine (C=N–C) groups is 2. The van der Waals surface area contributed by atoms with Gasteiger partial charge in [0.05, 0.1) is 18.1 Å². The van der Waals surface area contributed by atoms with Crippen molar-refractivity contribution >= 4 is 6.01 Å². The molecule has 2 nitrogen and oxygen atoms in total. The Bertz CT molecular complexity index is 144. The number of nitrogens with zero attached hydrogens (tertiary/aromatic N) is 2. The monoisotopic (exact) mass is 122 g/mol. The fourth-order valence-corrected chi connectivity index (χ4v) is 0.604. The van der Waals surface area contributed by atoms with Crippen molar-refractivity contribution in [3.05, 3.63) is 0 Å². The lowest BCUT2D eigenvalue weighted by atomic mass is 10.7. The van der Waals surface area contributed by atoms with Gasteiger partial charge < -0.3 is 0 Å². The van der Waals surface area contributed by atoms with Crippen LogP contribution in [0.3, 0.4) is 0 Å². The fourth-order valence-electron chi connectivity index (χ4n) is 0.604. The van der Waals surface area contributed by atoms with Crippen LogP contribution >= 0.6 is 0 Å². The zero-order chi connectivity index (χ0) is 6.10. The molecule has 0 heterocycles. The third kappa shape index (κ3) is 1.65. The first kappa shape index (κ1) is 5.19. The second-order valence-corrected chi connectivity index (χ2v) is 2.82. The molecule has 2 aliphatic carbocycles. The van der Waals surface area contributed by atoms with E-state index >= 15 is 0 Å². The second-order valence-electron chi connectivity index (χ2n) is 2.82. The zero-order valence-corrected chi connectivity index (χ0v) is 5.38. The summed E-state index contributed by atoms with van der Waals surface area (Å²) in [6, 6.07) is 3.94. The van der Waals surface area contributed by atoms with Gasteiger partial charge in [-0.2, -0.15) is 0 Å². The Labute approximate surface area is 54.7 Å². The molecule has 0 bridgehead atoms. The summed E-state index contributed by atoms with van der Waals surface area (Å²) in [4.78, 5) is 8.20. The number of hydrogen-bond acceptors (Lipinski definition) is 2. The third-order valence-corrected chi connectivity index (χ3v) is 1.57. The molecule has 0 aromatic carbocycles. The van der Waals surface area contributed by atoms with E-state index in [0.717, 1.165) is 0 Å². The maximum atomic E-state index is 4.10. The van der Waals surface area contributed by atoms with Crippen molar-refractivity contribution in [2.75, 3.05) is 0 Å². The fraction of sp³-hybridized carbons (Fsp3) is 0.857. The Morgan fingerprint density at radius 3 is 1.67 bits per heavy atom. The zero-order valence-electron chi connectivity index (χ0n) is 5.38. The molecule has 0 saturated heterocycles. The first-order chi connectivity index (χ1) is 4.45. The molecule has 48 valence electrons. The molecule has 0 amide bonds. The smallest absolute Gasteiger partial charge is 0.0898 e. The Morgan fingerprint density at radius 2 is 1.33 bits per heavy atom. The third-order valence-electron chi connectivity index (χ3n) is 1.57. The first-order valence-corrected chi connectivity index (χ1v) is 3.60. The van der Waals surface area contributed by atoms with Crippen LogP contribution in [0.4, 0.5) is 0 Å². The van der Waals surface area contributed by atoms with Gasteiger partial charge in [0.2, 0.25) is 0 Å². The summed E-state index contributed by atoms with van der Waals surface area (Å²) < 4.78 is 0. The van der Waals surface area contributed by atoms with Crippen molar-refractivity contribution < 1.29 is 0 Å². The minimum absolute atomic E-state index is 0.590. The second kappa shape index (κ2) is 1.96. The van der Waals surface area contributed by atoms with Crippen molar-refractivity contribution in [3.8, 4) is 0 Å². The van der Waals surface area contributed by atoms with Crippen LogP contribution in [0.2, 0.25) is 0 Å². The summed E-state index contributed by atoms with van der Waals surface area (Å²) in [5, 5.41) is 0. The van der Waals surface area contributed by atoms with Crippen molar-refractivity contribution in [1.82, 2.24) is 0 Å². The Kier molecular flexibility index (Phi) is 1.13. The maximum Gasteiger partial charge on any atom is 0.0898 e. The predicted molar refractivity (Wildman–Crippen MR) is 35.9 cm³/mol. The lowest BCUT2D eigenvalue weighted by Crippen LogP contribution is -1.72. The molecule has 0 aromatic rings. The van der Waals surface area contributed by atoms with Crippen LogP contribution in [0.25, 0.3) is 0 Å². The molecular weight excluding hydrogens is 112 g/mol. The maximum absolute atomic E-state index is 4.10. The van der Waals surface area contributed by atoms with Gasteiger partial charge in [-0.3, -0.25) is 0 Å². The highest BCUT2D eigenvalue weighted by molar-refractivity contribution is 5.43. The SMILES string of the molecule is C(=NC1CC1)=NC1CC1. The molecule has 2 heteroatoms. The van der Waals surface area contributed by atoms with Gasteiger partial charge in [-0.25, -0.2) is 9.98 Å². The highest BCUT2D eigenvalue weighted by Gasteiger charge is 2.21. The molecule has 0 atom stereocenters. The molecule has 9 heavy (non-hydrogen) atoms. The lowest BCUT2D eigenvalue weighted by molar-refractivity contribution is 1.04. The van der Waals surface area contributed by atoms with Crippen LogP contribution in [0.5, 0.6) is 0 Å². The molecule has 0 unspecified atom stereocenters. The van der Waals surface area contributed by atoms with Gasteiger partial charge >= 0.3 is 0 Å². The Balaban J connectivity index is 1.83. The van der Waals surface area contributed by atoms with Crippen LogP contribution in [0, 0.1) is 0 Å². The molecule has 0 radical (unpaired) electrons. The van der Waals surface area contributed by atoms with Crippen molar-refractivity contribution in [2.24, 2.45) is 9.98 Å². The molecule has 2 saturated carbocycles. The lowest BCUT2D eigenvalue weighted by Gasteiger charge is -1.73. The van der Waals surface area contributed by atoms with E-state index in [0.29, 0.717) is 12.1 Å². The van der Waals surface area contributed by atoms with E-state index in [1.165, 1.54) is 25.7 Å². The van der Waals surface area contributed by atoms with Gasteiger partial charge in [-0.05, 0) is 25.7 Å². The highest BCUT2D eigenvalue weighted by Crippen LogP contribution is 2.24. The average molecular weight is 122 g/mol. The summed E-state index contributed by atoms with van der Waals surface area (Å²) in [7, 11) is 0. The van der Waals surface area contributed by atoms with Crippen LogP contribution < -0.4 is 0 Å². The quantitative estimate of drug-likeness (QED) is 0.496. The van der Waals surface area contributed by atoms with Gasteiger partial charge in [-0.1, -0.05) is 0 Å². The molecular formula is C7H10N2. The summed E-state index contributed by atoms with van der Waals surface area (Å²) in [6.07, 6.45) is 5.03. The molecule has 2 fully saturated rings. The molecule has 0 N–H and O–H groups in total. The van der Waals surface area contributed by atoms with Crippen molar-refractivity contribution in [2.45, 2.75) is 37.8 Å². The van der Waals surface area contributed by atoms with E-state index in [-0.39, 0.29) is 0 Å². The van der Waals surface area contributed by atoms with Crippen LogP contribution in [-0.4, -0.2) is 18.1 Å². The minimum atomic E-state index is 0.590. The normalized spacial score (nSPS) is 24.9. The summed E-state index contributed by atoms with van der Waals surface area (Å²) in [5.74, 6) is 0. The van der Waals surface area contributed by atoms with Gasteiger partial charge in [-0.15, -0.1) is 0 Å². The Morgan fingerprint density at radius 1 is 0.889 bits per heavy atom. The van der Waals surface area contributed by atoms with Crippen LogP contribution in [0.15, 0.2) is 9.98 Å². The molecule has 2 aliphatic rings. The van der Waals surface area contributed by atoms with E-state index in [2.05, 4.69) is 16.0 Å². The van der Waals surface area contributed by atoms with E-state index < -0.39 is 0 Å². The standard InChI is InChI=1S/C7H10N2/c1-2-6(1)8-5-9-7-3-4-7/h6-7H,1-4H2. The van der Waals surface area contributed by atoms with Crippen LogP contribution in [-0.2, 0) is 0 Å². The van der Waals surface area contributed by atoms with Crippen molar-refractivity contribution in [3.63, 3.8) is 0 Å². The summed E-state index contributed by atoms with van der Waals surface area (Å²) in [5.41, 5.74) is 0. The van der Waals surface area contributed by atoms with Crippen LogP contribution in [0.1, 0.15) is 25.7 Å². The van der Waals surface area contributed by atoms with Gasteiger partial charge in [0.15, 0.2) is 0 Å². The molecule has 0 spiro atoms. The van der Waals surface area contributed by atoms with Gasteiger partial charge in [0, 0.05) is 0 Å². The molecule has 0 aliphatic heterocycles. The van der Waals surface area contributed by atoms with E-state index in [1.807, 2.05) is 0 Å². The summed E-state index contributed by atoms with van der Waals surface area (Å²) in [6.45, 7) is 0. The van der Waals surface area contributed by atoms with E-state index in [4.69, 9.17) is 0 Å². The van der Waals surface area contributed by atoms with E-state index in [1.54, 1.807) is 0 Å². The summed E-state index contributed by atoms with van der Waals surface area (Å²) >= 11 is 0. The largest absolute Gasteiger partial charge is 0.222 e. The average Bonchev–Trinajstić information content (AvgIpc) is 2.57. The Hall–Kier alpha value is -0.620.